The summed E-state index contributed by atoms with van der Waals surface area (Å²) < 4.78 is 0. The molecule has 1 aliphatic heterocycles. The highest BCUT2D eigenvalue weighted by atomic mass is 32.2. The standard InChI is InChI=1S/C10H13NS/c11-9-5-6-12-10-4-2-1-3-8(10)7-9/h1-4,9H,5-7,11H2. The Labute approximate surface area is 77.3 Å². The molecule has 0 amide bonds. The van der Waals surface area contributed by atoms with Crippen molar-refractivity contribution < 1.29 is 0 Å². The van der Waals surface area contributed by atoms with Crippen LogP contribution in [0.2, 0.25) is 0 Å². The van der Waals surface area contributed by atoms with Crippen molar-refractivity contribution >= 4 is 11.8 Å². The SMILES string of the molecule is NC1CCSc2ccccc2C1. The molecule has 12 heavy (non-hydrogen) atoms. The molecule has 2 rings (SSSR count). The minimum absolute atomic E-state index is 0.362. The topological polar surface area (TPSA) is 26.0 Å². The molecule has 1 aliphatic rings. The maximum absolute atomic E-state index is 5.94. The fraction of sp³-hybridized carbons (Fsp3) is 0.400. The third-order valence-electron chi connectivity index (χ3n) is 2.20. The number of benzene rings is 1. The zero-order chi connectivity index (χ0) is 8.39. The first-order chi connectivity index (χ1) is 5.86. The lowest BCUT2D eigenvalue weighted by atomic mass is 10.1. The third kappa shape index (κ3) is 1.65. The van der Waals surface area contributed by atoms with Crippen molar-refractivity contribution in [2.45, 2.75) is 23.8 Å². The van der Waals surface area contributed by atoms with Crippen LogP contribution in [0.25, 0.3) is 0 Å². The summed E-state index contributed by atoms with van der Waals surface area (Å²) in [5.41, 5.74) is 7.36. The first-order valence-corrected chi connectivity index (χ1v) is 5.31. The molecule has 0 radical (unpaired) electrons. The largest absolute Gasteiger partial charge is 0.327 e. The molecule has 0 fully saturated rings. The van der Waals surface area contributed by atoms with Gasteiger partial charge in [0.2, 0.25) is 0 Å². The van der Waals surface area contributed by atoms with Crippen molar-refractivity contribution in [3.05, 3.63) is 29.8 Å². The lowest BCUT2D eigenvalue weighted by Crippen LogP contribution is -2.22. The Hall–Kier alpha value is -0.470. The van der Waals surface area contributed by atoms with E-state index in [2.05, 4.69) is 24.3 Å². The average Bonchev–Trinajstić information content (AvgIpc) is 2.25. The van der Waals surface area contributed by atoms with Gasteiger partial charge >= 0.3 is 0 Å². The second kappa shape index (κ2) is 3.50. The molecule has 2 heteroatoms. The van der Waals surface area contributed by atoms with Crippen LogP contribution in [0.1, 0.15) is 12.0 Å². The molecule has 0 saturated heterocycles. The quantitative estimate of drug-likeness (QED) is 0.659. The minimum Gasteiger partial charge on any atom is -0.327 e. The van der Waals surface area contributed by atoms with Gasteiger partial charge in [0, 0.05) is 10.9 Å². The Morgan fingerprint density at radius 2 is 2.17 bits per heavy atom. The number of thioether (sulfide) groups is 1. The van der Waals surface area contributed by atoms with Crippen molar-refractivity contribution in [3.8, 4) is 0 Å². The number of hydrogen-bond acceptors (Lipinski definition) is 2. The van der Waals surface area contributed by atoms with Crippen LogP contribution in [0.15, 0.2) is 29.2 Å². The normalized spacial score (nSPS) is 22.9. The monoisotopic (exact) mass is 179 g/mol. The number of nitrogens with two attached hydrogens (primary N) is 1. The summed E-state index contributed by atoms with van der Waals surface area (Å²) in [6.45, 7) is 0. The Bertz CT molecular complexity index is 272. The summed E-state index contributed by atoms with van der Waals surface area (Å²) in [7, 11) is 0. The van der Waals surface area contributed by atoms with Crippen molar-refractivity contribution in [2.24, 2.45) is 5.73 Å². The van der Waals surface area contributed by atoms with E-state index >= 15 is 0 Å². The summed E-state index contributed by atoms with van der Waals surface area (Å²) in [4.78, 5) is 1.42. The Morgan fingerprint density at radius 3 is 3.08 bits per heavy atom. The zero-order valence-electron chi connectivity index (χ0n) is 6.99. The molecule has 64 valence electrons. The lowest BCUT2D eigenvalue weighted by molar-refractivity contribution is 0.653. The van der Waals surface area contributed by atoms with Gasteiger partial charge in [-0.2, -0.15) is 0 Å². The van der Waals surface area contributed by atoms with E-state index in [0.29, 0.717) is 6.04 Å². The number of fused-ring (bicyclic) bond motifs is 1. The molecular formula is C10H13NS. The van der Waals surface area contributed by atoms with Crippen LogP contribution in [0.4, 0.5) is 0 Å². The van der Waals surface area contributed by atoms with Crippen LogP contribution in [0, 0.1) is 0 Å². The summed E-state index contributed by atoms with van der Waals surface area (Å²) in [6.07, 6.45) is 2.18. The molecule has 2 N–H and O–H groups in total. The predicted molar refractivity (Wildman–Crippen MR) is 53.5 cm³/mol. The smallest absolute Gasteiger partial charge is 0.0105 e. The molecule has 1 heterocycles. The maximum atomic E-state index is 5.94. The number of rotatable bonds is 0. The van der Waals surface area contributed by atoms with Gasteiger partial charge in [-0.05, 0) is 30.2 Å². The molecule has 1 aromatic rings. The van der Waals surface area contributed by atoms with Gasteiger partial charge in [0.05, 0.1) is 0 Å². The van der Waals surface area contributed by atoms with Gasteiger partial charge in [0.25, 0.3) is 0 Å². The van der Waals surface area contributed by atoms with E-state index in [4.69, 9.17) is 5.73 Å². The molecule has 0 saturated carbocycles. The van der Waals surface area contributed by atoms with E-state index < -0.39 is 0 Å². The Balaban J connectivity index is 2.31. The number of hydrogen-bond donors (Lipinski definition) is 1. The van der Waals surface area contributed by atoms with E-state index in [9.17, 15) is 0 Å². The van der Waals surface area contributed by atoms with Crippen molar-refractivity contribution in [1.29, 1.82) is 0 Å². The van der Waals surface area contributed by atoms with Gasteiger partial charge < -0.3 is 5.73 Å². The molecule has 1 aromatic carbocycles. The average molecular weight is 179 g/mol. The second-order valence-corrected chi connectivity index (χ2v) is 4.35. The van der Waals surface area contributed by atoms with E-state index in [1.54, 1.807) is 0 Å². The van der Waals surface area contributed by atoms with Gasteiger partial charge in [-0.25, -0.2) is 0 Å². The van der Waals surface area contributed by atoms with Crippen LogP contribution in [-0.2, 0) is 6.42 Å². The van der Waals surface area contributed by atoms with E-state index in [0.717, 1.165) is 18.6 Å². The summed E-state index contributed by atoms with van der Waals surface area (Å²) in [5.74, 6) is 1.16. The highest BCUT2D eigenvalue weighted by Crippen LogP contribution is 2.27. The minimum atomic E-state index is 0.362. The fourth-order valence-electron chi connectivity index (χ4n) is 1.52. The summed E-state index contributed by atoms with van der Waals surface area (Å²) in [5, 5.41) is 0. The molecule has 1 atom stereocenters. The van der Waals surface area contributed by atoms with E-state index in [1.807, 2.05) is 11.8 Å². The van der Waals surface area contributed by atoms with Crippen molar-refractivity contribution in [1.82, 2.24) is 0 Å². The highest BCUT2D eigenvalue weighted by Gasteiger charge is 2.12. The molecule has 0 aliphatic carbocycles. The van der Waals surface area contributed by atoms with Crippen LogP contribution >= 0.6 is 11.8 Å². The Kier molecular flexibility index (Phi) is 2.38. The first-order valence-electron chi connectivity index (χ1n) is 4.32. The third-order valence-corrected chi connectivity index (χ3v) is 3.35. The fourth-order valence-corrected chi connectivity index (χ4v) is 2.67. The van der Waals surface area contributed by atoms with Gasteiger partial charge in [-0.1, -0.05) is 18.2 Å². The molecule has 1 unspecified atom stereocenters. The molecule has 0 bridgehead atoms. The highest BCUT2D eigenvalue weighted by molar-refractivity contribution is 7.99. The van der Waals surface area contributed by atoms with E-state index in [1.165, 1.54) is 10.5 Å². The molecular weight excluding hydrogens is 166 g/mol. The first kappa shape index (κ1) is 8.14. The molecule has 1 nitrogen and oxygen atoms in total. The summed E-state index contributed by atoms with van der Waals surface area (Å²) >= 11 is 1.93. The van der Waals surface area contributed by atoms with Crippen LogP contribution < -0.4 is 5.73 Å². The van der Waals surface area contributed by atoms with Gasteiger partial charge in [-0.15, -0.1) is 11.8 Å². The van der Waals surface area contributed by atoms with Crippen LogP contribution in [-0.4, -0.2) is 11.8 Å². The maximum Gasteiger partial charge on any atom is 0.0105 e. The Morgan fingerprint density at radius 1 is 1.33 bits per heavy atom. The van der Waals surface area contributed by atoms with E-state index in [-0.39, 0.29) is 0 Å². The second-order valence-electron chi connectivity index (χ2n) is 3.21. The molecule has 0 spiro atoms. The molecule has 0 aromatic heterocycles. The van der Waals surface area contributed by atoms with Gasteiger partial charge in [0.15, 0.2) is 0 Å². The predicted octanol–water partition coefficient (Wildman–Crippen LogP) is 2.05. The van der Waals surface area contributed by atoms with Crippen molar-refractivity contribution in [2.75, 3.05) is 5.75 Å². The van der Waals surface area contributed by atoms with Gasteiger partial charge in [0.1, 0.15) is 0 Å². The summed E-state index contributed by atoms with van der Waals surface area (Å²) in [6, 6.07) is 8.94. The van der Waals surface area contributed by atoms with Crippen LogP contribution in [0.3, 0.4) is 0 Å². The van der Waals surface area contributed by atoms with Crippen molar-refractivity contribution in [3.63, 3.8) is 0 Å². The zero-order valence-corrected chi connectivity index (χ0v) is 7.81. The van der Waals surface area contributed by atoms with Crippen LogP contribution in [0.5, 0.6) is 0 Å². The van der Waals surface area contributed by atoms with Gasteiger partial charge in [-0.3, -0.25) is 0 Å². The lowest BCUT2D eigenvalue weighted by Gasteiger charge is -2.06.